The molecule has 0 radical (unpaired) electrons. The number of rotatable bonds is 4. The zero-order valence-electron chi connectivity index (χ0n) is 11.9. The van der Waals surface area contributed by atoms with Crippen molar-refractivity contribution >= 4 is 5.97 Å². The Labute approximate surface area is 114 Å². The molecule has 1 N–H and O–H groups in total. The lowest BCUT2D eigenvalue weighted by Gasteiger charge is -2.31. The standard InChI is InChI=1S/C15H23NO3/c1-10-6-4-5-7-12(10)16-11(2)13-8-9-14(19-13)15(17)18-3/h8-12,16H,4-7H2,1-3H3. The molecule has 1 aromatic heterocycles. The Morgan fingerprint density at radius 1 is 1.42 bits per heavy atom. The van der Waals surface area contributed by atoms with E-state index in [0.717, 1.165) is 5.76 Å². The van der Waals surface area contributed by atoms with Crippen LogP contribution in [0.5, 0.6) is 0 Å². The topological polar surface area (TPSA) is 51.5 Å². The highest BCUT2D eigenvalue weighted by Gasteiger charge is 2.24. The number of nitrogens with one attached hydrogen (secondary N) is 1. The summed E-state index contributed by atoms with van der Waals surface area (Å²) in [7, 11) is 1.36. The van der Waals surface area contributed by atoms with E-state index in [2.05, 4.69) is 23.9 Å². The first kappa shape index (κ1) is 14.1. The Kier molecular flexibility index (Phi) is 4.64. The van der Waals surface area contributed by atoms with Crippen molar-refractivity contribution in [2.24, 2.45) is 5.92 Å². The molecule has 1 heterocycles. The van der Waals surface area contributed by atoms with Crippen LogP contribution in [0.3, 0.4) is 0 Å². The molecule has 1 aromatic rings. The van der Waals surface area contributed by atoms with Crippen molar-refractivity contribution in [1.29, 1.82) is 0 Å². The molecule has 0 aromatic carbocycles. The lowest BCUT2D eigenvalue weighted by Crippen LogP contribution is -2.38. The molecule has 0 amide bonds. The molecule has 3 unspecified atom stereocenters. The first-order valence-corrected chi connectivity index (χ1v) is 7.06. The molecule has 0 saturated heterocycles. The molecule has 19 heavy (non-hydrogen) atoms. The number of furan rings is 1. The van der Waals surface area contributed by atoms with Crippen molar-refractivity contribution in [3.63, 3.8) is 0 Å². The van der Waals surface area contributed by atoms with E-state index in [1.54, 1.807) is 6.07 Å². The van der Waals surface area contributed by atoms with Crippen LogP contribution in [-0.2, 0) is 4.74 Å². The fourth-order valence-electron chi connectivity index (χ4n) is 2.76. The van der Waals surface area contributed by atoms with E-state index < -0.39 is 5.97 Å². The number of ether oxygens (including phenoxy) is 1. The predicted octanol–water partition coefficient (Wildman–Crippen LogP) is 3.30. The second kappa shape index (κ2) is 6.24. The first-order chi connectivity index (χ1) is 9.11. The summed E-state index contributed by atoms with van der Waals surface area (Å²) in [6, 6.07) is 4.17. The molecule has 1 saturated carbocycles. The maximum Gasteiger partial charge on any atom is 0.373 e. The van der Waals surface area contributed by atoms with Crippen molar-refractivity contribution in [3.8, 4) is 0 Å². The van der Waals surface area contributed by atoms with E-state index >= 15 is 0 Å². The molecule has 2 rings (SSSR count). The highest BCUT2D eigenvalue weighted by Crippen LogP contribution is 2.26. The maximum absolute atomic E-state index is 11.4. The molecule has 4 heteroatoms. The molecule has 1 aliphatic carbocycles. The van der Waals surface area contributed by atoms with Crippen molar-refractivity contribution in [2.75, 3.05) is 7.11 Å². The predicted molar refractivity (Wildman–Crippen MR) is 73.0 cm³/mol. The monoisotopic (exact) mass is 265 g/mol. The van der Waals surface area contributed by atoms with E-state index in [4.69, 9.17) is 4.42 Å². The van der Waals surface area contributed by atoms with Crippen LogP contribution in [-0.4, -0.2) is 19.1 Å². The molecule has 1 aliphatic rings. The molecule has 4 nitrogen and oxygen atoms in total. The number of carbonyl (C=O) groups is 1. The van der Waals surface area contributed by atoms with Gasteiger partial charge in [-0.15, -0.1) is 0 Å². The van der Waals surface area contributed by atoms with Crippen LogP contribution >= 0.6 is 0 Å². The third-order valence-corrected chi connectivity index (χ3v) is 4.02. The van der Waals surface area contributed by atoms with E-state index in [1.165, 1.54) is 32.8 Å². The Morgan fingerprint density at radius 2 is 2.16 bits per heavy atom. The van der Waals surface area contributed by atoms with Crippen LogP contribution in [0.15, 0.2) is 16.5 Å². The van der Waals surface area contributed by atoms with Crippen molar-refractivity contribution in [1.82, 2.24) is 5.32 Å². The second-order valence-electron chi connectivity index (χ2n) is 5.45. The Hall–Kier alpha value is -1.29. The number of esters is 1. The van der Waals surface area contributed by atoms with Crippen LogP contribution in [0.2, 0.25) is 0 Å². The Bertz CT molecular complexity index is 427. The molecule has 1 fully saturated rings. The smallest absolute Gasteiger partial charge is 0.373 e. The van der Waals surface area contributed by atoms with Crippen LogP contribution in [0.25, 0.3) is 0 Å². The minimum absolute atomic E-state index is 0.115. The average molecular weight is 265 g/mol. The summed E-state index contributed by atoms with van der Waals surface area (Å²) in [5.41, 5.74) is 0. The third kappa shape index (κ3) is 3.38. The largest absolute Gasteiger partial charge is 0.463 e. The molecule has 106 valence electrons. The minimum atomic E-state index is -0.426. The van der Waals surface area contributed by atoms with Crippen molar-refractivity contribution in [2.45, 2.75) is 51.6 Å². The zero-order valence-corrected chi connectivity index (χ0v) is 11.9. The van der Waals surface area contributed by atoms with E-state index in [-0.39, 0.29) is 11.8 Å². The van der Waals surface area contributed by atoms with Gasteiger partial charge in [-0.1, -0.05) is 19.8 Å². The van der Waals surface area contributed by atoms with Crippen LogP contribution in [0.4, 0.5) is 0 Å². The summed E-state index contributed by atoms with van der Waals surface area (Å²) in [4.78, 5) is 11.4. The van der Waals surface area contributed by atoms with Gasteiger partial charge in [0.1, 0.15) is 5.76 Å². The molecule has 0 aliphatic heterocycles. The summed E-state index contributed by atoms with van der Waals surface area (Å²) in [5.74, 6) is 1.33. The molecular weight excluding hydrogens is 242 g/mol. The van der Waals surface area contributed by atoms with Gasteiger partial charge in [0.2, 0.25) is 5.76 Å². The summed E-state index contributed by atoms with van der Waals surface area (Å²) < 4.78 is 10.2. The van der Waals surface area contributed by atoms with E-state index in [9.17, 15) is 4.79 Å². The Balaban J connectivity index is 1.97. The molecule has 0 bridgehead atoms. The number of carbonyl (C=O) groups excluding carboxylic acids is 1. The van der Waals surface area contributed by atoms with Gasteiger partial charge >= 0.3 is 5.97 Å². The van der Waals surface area contributed by atoms with Gasteiger partial charge < -0.3 is 14.5 Å². The average Bonchev–Trinajstić information content (AvgIpc) is 2.90. The van der Waals surface area contributed by atoms with Gasteiger partial charge in [-0.2, -0.15) is 0 Å². The fraction of sp³-hybridized carbons (Fsp3) is 0.667. The van der Waals surface area contributed by atoms with E-state index in [1.807, 2.05) is 6.07 Å². The number of methoxy groups -OCH3 is 1. The molecule has 0 spiro atoms. The first-order valence-electron chi connectivity index (χ1n) is 7.06. The van der Waals surface area contributed by atoms with Crippen molar-refractivity contribution in [3.05, 3.63) is 23.7 Å². The quantitative estimate of drug-likeness (QED) is 0.849. The van der Waals surface area contributed by atoms with Gasteiger partial charge in [0.15, 0.2) is 0 Å². The van der Waals surface area contributed by atoms with Gasteiger partial charge in [-0.05, 0) is 37.8 Å². The fourth-order valence-corrected chi connectivity index (χ4v) is 2.76. The third-order valence-electron chi connectivity index (χ3n) is 4.02. The van der Waals surface area contributed by atoms with Gasteiger partial charge in [-0.25, -0.2) is 4.79 Å². The minimum Gasteiger partial charge on any atom is -0.463 e. The maximum atomic E-state index is 11.4. The lowest BCUT2D eigenvalue weighted by molar-refractivity contribution is 0.0562. The van der Waals surface area contributed by atoms with E-state index in [0.29, 0.717) is 12.0 Å². The van der Waals surface area contributed by atoms with Crippen molar-refractivity contribution < 1.29 is 13.9 Å². The van der Waals surface area contributed by atoms with Gasteiger partial charge in [0.25, 0.3) is 0 Å². The van der Waals surface area contributed by atoms with Crippen LogP contribution in [0.1, 0.15) is 61.9 Å². The highest BCUT2D eigenvalue weighted by molar-refractivity contribution is 5.86. The van der Waals surface area contributed by atoms with Crippen LogP contribution < -0.4 is 5.32 Å². The van der Waals surface area contributed by atoms with Gasteiger partial charge in [0, 0.05) is 6.04 Å². The number of hydrogen-bond acceptors (Lipinski definition) is 4. The van der Waals surface area contributed by atoms with Gasteiger partial charge in [0.05, 0.1) is 13.2 Å². The normalized spacial score (nSPS) is 25.0. The summed E-state index contributed by atoms with van der Waals surface area (Å²) in [6.45, 7) is 4.37. The summed E-state index contributed by atoms with van der Waals surface area (Å²) >= 11 is 0. The summed E-state index contributed by atoms with van der Waals surface area (Å²) in [5, 5.41) is 3.61. The number of hydrogen-bond donors (Lipinski definition) is 1. The van der Waals surface area contributed by atoms with Gasteiger partial charge in [-0.3, -0.25) is 0 Å². The summed E-state index contributed by atoms with van der Waals surface area (Å²) in [6.07, 6.45) is 5.13. The molecule has 3 atom stereocenters. The SMILES string of the molecule is COC(=O)c1ccc(C(C)NC2CCCCC2C)o1. The zero-order chi connectivity index (χ0) is 13.8. The second-order valence-corrected chi connectivity index (χ2v) is 5.45. The van der Waals surface area contributed by atoms with Crippen LogP contribution in [0, 0.1) is 5.92 Å². The Morgan fingerprint density at radius 3 is 2.84 bits per heavy atom. The lowest BCUT2D eigenvalue weighted by atomic mass is 9.85. The highest BCUT2D eigenvalue weighted by atomic mass is 16.5. The molecular formula is C15H23NO3.